The Bertz CT molecular complexity index is 505. The molecule has 19 heavy (non-hydrogen) atoms. The van der Waals surface area contributed by atoms with Crippen LogP contribution in [0.15, 0.2) is 30.9 Å². The summed E-state index contributed by atoms with van der Waals surface area (Å²) in [5.74, 6) is -1.44. The number of nitro benzene ring substituents is 1. The molecule has 0 saturated heterocycles. The second-order valence-electron chi connectivity index (χ2n) is 3.68. The lowest BCUT2D eigenvalue weighted by molar-refractivity contribution is -0.385. The second-order valence-corrected chi connectivity index (χ2v) is 3.68. The predicted molar refractivity (Wildman–Crippen MR) is 66.2 cm³/mol. The zero-order valence-corrected chi connectivity index (χ0v) is 10.1. The zero-order chi connectivity index (χ0) is 14.4. The van der Waals surface area contributed by atoms with Gasteiger partial charge in [0.05, 0.1) is 17.6 Å². The van der Waals surface area contributed by atoms with Gasteiger partial charge in [-0.1, -0.05) is 6.08 Å². The first kappa shape index (κ1) is 14.8. The zero-order valence-electron chi connectivity index (χ0n) is 10.1. The number of amides is 1. The number of nitro groups is 1. The minimum absolute atomic E-state index is 0.0133. The van der Waals surface area contributed by atoms with Crippen LogP contribution in [0.2, 0.25) is 0 Å². The van der Waals surface area contributed by atoms with E-state index in [1.807, 2.05) is 0 Å². The van der Waals surface area contributed by atoms with Crippen molar-refractivity contribution in [3.63, 3.8) is 0 Å². The third-order valence-electron chi connectivity index (χ3n) is 2.39. The molecule has 0 saturated carbocycles. The van der Waals surface area contributed by atoms with Crippen molar-refractivity contribution < 1.29 is 19.2 Å². The standard InChI is InChI=1S/C12H13FN2O4/c1-2-5-14(6-7-16)12(17)10-4-3-9(13)8-11(10)15(18)19/h2-4,8,16H,1,5-7H2. The molecule has 0 fully saturated rings. The first-order chi connectivity index (χ1) is 9.01. The highest BCUT2D eigenvalue weighted by Crippen LogP contribution is 2.21. The smallest absolute Gasteiger partial charge is 0.285 e. The second kappa shape index (κ2) is 6.60. The summed E-state index contributed by atoms with van der Waals surface area (Å²) in [6, 6.07) is 2.73. The number of halogens is 1. The molecular formula is C12H13FN2O4. The minimum Gasteiger partial charge on any atom is -0.395 e. The van der Waals surface area contributed by atoms with E-state index in [0.717, 1.165) is 12.1 Å². The molecular weight excluding hydrogens is 255 g/mol. The Hall–Kier alpha value is -2.28. The molecule has 0 radical (unpaired) electrons. The number of carbonyl (C=O) groups excluding carboxylic acids is 1. The molecule has 6 nitrogen and oxygen atoms in total. The average Bonchev–Trinajstić information content (AvgIpc) is 2.37. The van der Waals surface area contributed by atoms with Crippen LogP contribution in [-0.4, -0.2) is 40.5 Å². The molecule has 0 aliphatic rings. The largest absolute Gasteiger partial charge is 0.395 e. The number of rotatable bonds is 6. The molecule has 1 N–H and O–H groups in total. The summed E-state index contributed by atoms with van der Waals surface area (Å²) in [7, 11) is 0. The van der Waals surface area contributed by atoms with Crippen molar-refractivity contribution in [1.29, 1.82) is 0 Å². The van der Waals surface area contributed by atoms with Crippen LogP contribution in [0.25, 0.3) is 0 Å². The van der Waals surface area contributed by atoms with E-state index in [9.17, 15) is 19.3 Å². The van der Waals surface area contributed by atoms with E-state index in [2.05, 4.69) is 6.58 Å². The maximum Gasteiger partial charge on any atom is 0.285 e. The van der Waals surface area contributed by atoms with Crippen LogP contribution in [0.1, 0.15) is 10.4 Å². The lowest BCUT2D eigenvalue weighted by atomic mass is 10.1. The number of aliphatic hydroxyl groups excluding tert-OH is 1. The lowest BCUT2D eigenvalue weighted by Gasteiger charge is -2.19. The van der Waals surface area contributed by atoms with Gasteiger partial charge in [-0.15, -0.1) is 6.58 Å². The van der Waals surface area contributed by atoms with Crippen LogP contribution >= 0.6 is 0 Å². The molecule has 0 aliphatic carbocycles. The molecule has 0 unspecified atom stereocenters. The lowest BCUT2D eigenvalue weighted by Crippen LogP contribution is -2.34. The van der Waals surface area contributed by atoms with E-state index >= 15 is 0 Å². The topological polar surface area (TPSA) is 83.7 Å². The summed E-state index contributed by atoms with van der Waals surface area (Å²) in [5.41, 5.74) is -0.821. The molecule has 1 aromatic carbocycles. The van der Waals surface area contributed by atoms with Crippen LogP contribution in [0.5, 0.6) is 0 Å². The Balaban J connectivity index is 3.16. The maximum absolute atomic E-state index is 13.0. The highest BCUT2D eigenvalue weighted by molar-refractivity contribution is 5.98. The van der Waals surface area contributed by atoms with Crippen molar-refractivity contribution in [2.75, 3.05) is 19.7 Å². The third-order valence-corrected chi connectivity index (χ3v) is 2.39. The molecule has 1 rings (SSSR count). The van der Waals surface area contributed by atoms with Gasteiger partial charge in [0.1, 0.15) is 11.4 Å². The molecule has 1 amide bonds. The van der Waals surface area contributed by atoms with Gasteiger partial charge >= 0.3 is 0 Å². The van der Waals surface area contributed by atoms with E-state index < -0.39 is 22.3 Å². The molecule has 0 spiro atoms. The summed E-state index contributed by atoms with van der Waals surface area (Å²) >= 11 is 0. The highest BCUT2D eigenvalue weighted by atomic mass is 19.1. The molecule has 7 heteroatoms. The number of nitrogens with zero attached hydrogens (tertiary/aromatic N) is 2. The minimum atomic E-state index is -0.818. The maximum atomic E-state index is 13.0. The Morgan fingerprint density at radius 2 is 2.26 bits per heavy atom. The first-order valence-electron chi connectivity index (χ1n) is 5.46. The quantitative estimate of drug-likeness (QED) is 0.479. The van der Waals surface area contributed by atoms with E-state index in [-0.39, 0.29) is 25.3 Å². The number of aliphatic hydroxyl groups is 1. The van der Waals surface area contributed by atoms with Gasteiger partial charge < -0.3 is 10.0 Å². The van der Waals surface area contributed by atoms with Crippen molar-refractivity contribution in [3.05, 3.63) is 52.3 Å². The molecule has 0 bridgehead atoms. The Morgan fingerprint density at radius 1 is 1.58 bits per heavy atom. The van der Waals surface area contributed by atoms with Gasteiger partial charge in [-0.2, -0.15) is 0 Å². The predicted octanol–water partition coefficient (Wildman–Crippen LogP) is 1.35. The van der Waals surface area contributed by atoms with Crippen molar-refractivity contribution in [3.8, 4) is 0 Å². The Morgan fingerprint density at radius 3 is 2.79 bits per heavy atom. The Kier molecular flexibility index (Phi) is 5.13. The van der Waals surface area contributed by atoms with E-state index in [1.54, 1.807) is 0 Å². The van der Waals surface area contributed by atoms with Crippen molar-refractivity contribution in [2.24, 2.45) is 0 Å². The fourth-order valence-corrected chi connectivity index (χ4v) is 1.56. The molecule has 0 aliphatic heterocycles. The molecule has 1 aromatic rings. The van der Waals surface area contributed by atoms with Crippen LogP contribution < -0.4 is 0 Å². The fourth-order valence-electron chi connectivity index (χ4n) is 1.56. The monoisotopic (exact) mass is 268 g/mol. The highest BCUT2D eigenvalue weighted by Gasteiger charge is 2.24. The van der Waals surface area contributed by atoms with Crippen molar-refractivity contribution >= 4 is 11.6 Å². The van der Waals surface area contributed by atoms with E-state index in [4.69, 9.17) is 5.11 Å². The number of hydrogen-bond acceptors (Lipinski definition) is 4. The van der Waals surface area contributed by atoms with Crippen molar-refractivity contribution in [1.82, 2.24) is 4.90 Å². The van der Waals surface area contributed by atoms with Gasteiger partial charge in [0.15, 0.2) is 0 Å². The summed E-state index contributed by atoms with van der Waals surface area (Å²) in [6.45, 7) is 3.32. The van der Waals surface area contributed by atoms with Gasteiger partial charge in [-0.25, -0.2) is 4.39 Å². The molecule has 0 atom stereocenters. The van der Waals surface area contributed by atoms with E-state index in [1.165, 1.54) is 11.0 Å². The van der Waals surface area contributed by atoms with Gasteiger partial charge in [-0.3, -0.25) is 14.9 Å². The van der Waals surface area contributed by atoms with Crippen LogP contribution in [0, 0.1) is 15.9 Å². The van der Waals surface area contributed by atoms with E-state index in [0.29, 0.717) is 6.07 Å². The summed E-state index contributed by atoms with van der Waals surface area (Å²) < 4.78 is 13.0. The van der Waals surface area contributed by atoms with Gasteiger partial charge in [0.25, 0.3) is 11.6 Å². The number of carbonyl (C=O) groups is 1. The Labute approximate surface area is 108 Å². The number of hydrogen-bond donors (Lipinski definition) is 1. The van der Waals surface area contributed by atoms with Gasteiger partial charge in [0, 0.05) is 13.1 Å². The first-order valence-corrected chi connectivity index (χ1v) is 5.46. The van der Waals surface area contributed by atoms with Crippen LogP contribution in [0.4, 0.5) is 10.1 Å². The van der Waals surface area contributed by atoms with Crippen LogP contribution in [0.3, 0.4) is 0 Å². The number of benzene rings is 1. The van der Waals surface area contributed by atoms with Crippen molar-refractivity contribution in [2.45, 2.75) is 0 Å². The third kappa shape index (κ3) is 3.59. The summed E-state index contributed by atoms with van der Waals surface area (Å²) in [6.07, 6.45) is 1.43. The molecule has 0 aromatic heterocycles. The van der Waals surface area contributed by atoms with Gasteiger partial charge in [0.2, 0.25) is 0 Å². The SMILES string of the molecule is C=CCN(CCO)C(=O)c1ccc(F)cc1[N+](=O)[O-]. The normalized spacial score (nSPS) is 10.0. The summed E-state index contributed by atoms with van der Waals surface area (Å²) in [5, 5.41) is 19.7. The molecule has 102 valence electrons. The fraction of sp³-hybridized carbons (Fsp3) is 0.250. The molecule has 0 heterocycles. The average molecular weight is 268 g/mol. The van der Waals surface area contributed by atoms with Gasteiger partial charge in [-0.05, 0) is 12.1 Å². The van der Waals surface area contributed by atoms with Crippen LogP contribution in [-0.2, 0) is 0 Å². The summed E-state index contributed by atoms with van der Waals surface area (Å²) in [4.78, 5) is 23.3.